The number of aliphatic hydroxyl groups excluding tert-OH is 1. The maximum atomic E-state index is 9.98. The molecule has 3 nitrogen and oxygen atoms in total. The first-order valence-corrected chi connectivity index (χ1v) is 8.31. The molecule has 2 rings (SSSR count). The highest BCUT2D eigenvalue weighted by molar-refractivity contribution is 6.42. The molecule has 118 valence electrons. The first kappa shape index (κ1) is 16.9. The fourth-order valence-electron chi connectivity index (χ4n) is 2.76. The molecule has 0 aliphatic heterocycles. The molecule has 1 aliphatic carbocycles. The summed E-state index contributed by atoms with van der Waals surface area (Å²) in [5, 5.41) is 14.3. The van der Waals surface area contributed by atoms with Crippen LogP contribution in [0.25, 0.3) is 0 Å². The van der Waals surface area contributed by atoms with Gasteiger partial charge in [0.1, 0.15) is 18.5 Å². The molecule has 1 unspecified atom stereocenters. The lowest BCUT2D eigenvalue weighted by Gasteiger charge is -2.22. The number of halogens is 2. The summed E-state index contributed by atoms with van der Waals surface area (Å²) in [6.45, 7) is 2.98. The number of benzene rings is 1. The molecule has 1 aromatic rings. The number of nitrogens with one attached hydrogen (secondary N) is 1. The van der Waals surface area contributed by atoms with Gasteiger partial charge in [0.05, 0.1) is 10.0 Å². The summed E-state index contributed by atoms with van der Waals surface area (Å²) in [6, 6.07) is 5.54. The van der Waals surface area contributed by atoms with Crippen LogP contribution in [0.4, 0.5) is 0 Å². The number of hydrogen-bond donors (Lipinski definition) is 2. The van der Waals surface area contributed by atoms with Gasteiger partial charge in [-0.25, -0.2) is 0 Å². The molecule has 0 radical (unpaired) electrons. The lowest BCUT2D eigenvalue weighted by molar-refractivity contribution is 0.102. The Morgan fingerprint density at radius 3 is 2.67 bits per heavy atom. The molecular formula is C16H23Cl2NO2. The van der Waals surface area contributed by atoms with Crippen LogP contribution in [0.2, 0.25) is 10.0 Å². The van der Waals surface area contributed by atoms with Crippen LogP contribution in [0.1, 0.15) is 32.6 Å². The molecule has 5 heteroatoms. The van der Waals surface area contributed by atoms with Crippen LogP contribution in [0.15, 0.2) is 18.2 Å². The van der Waals surface area contributed by atoms with E-state index in [1.165, 1.54) is 25.7 Å². The number of hydrogen-bond acceptors (Lipinski definition) is 3. The van der Waals surface area contributed by atoms with E-state index in [-0.39, 0.29) is 6.61 Å². The Hall–Kier alpha value is -0.480. The van der Waals surface area contributed by atoms with Gasteiger partial charge in [-0.15, -0.1) is 0 Å². The van der Waals surface area contributed by atoms with Gasteiger partial charge >= 0.3 is 0 Å². The number of ether oxygens (including phenoxy) is 1. The Kier molecular flexibility index (Phi) is 6.62. The summed E-state index contributed by atoms with van der Waals surface area (Å²) in [7, 11) is 0. The van der Waals surface area contributed by atoms with Crippen molar-refractivity contribution < 1.29 is 9.84 Å². The molecule has 0 bridgehead atoms. The van der Waals surface area contributed by atoms with Gasteiger partial charge in [0.2, 0.25) is 0 Å². The van der Waals surface area contributed by atoms with Crippen molar-refractivity contribution in [2.75, 3.05) is 13.2 Å². The van der Waals surface area contributed by atoms with Crippen molar-refractivity contribution in [3.05, 3.63) is 28.2 Å². The second-order valence-electron chi connectivity index (χ2n) is 5.78. The molecule has 0 heterocycles. The second kappa shape index (κ2) is 8.23. The second-order valence-corrected chi connectivity index (χ2v) is 6.60. The first-order chi connectivity index (χ1) is 10.1. The van der Waals surface area contributed by atoms with E-state index in [9.17, 15) is 5.11 Å². The average Bonchev–Trinajstić information content (AvgIpc) is 3.00. The van der Waals surface area contributed by atoms with E-state index in [1.807, 2.05) is 0 Å². The Labute approximate surface area is 136 Å². The van der Waals surface area contributed by atoms with Crippen LogP contribution in [-0.4, -0.2) is 30.4 Å². The van der Waals surface area contributed by atoms with E-state index in [0.717, 1.165) is 5.92 Å². The Balaban J connectivity index is 1.69. The minimum Gasteiger partial charge on any atom is -0.491 e. The molecule has 1 saturated carbocycles. The molecule has 1 fully saturated rings. The Morgan fingerprint density at radius 1 is 1.29 bits per heavy atom. The maximum Gasteiger partial charge on any atom is 0.121 e. The van der Waals surface area contributed by atoms with Crippen LogP contribution < -0.4 is 10.1 Å². The van der Waals surface area contributed by atoms with Crippen molar-refractivity contribution in [3.8, 4) is 5.75 Å². The van der Waals surface area contributed by atoms with E-state index < -0.39 is 6.10 Å². The predicted molar refractivity (Wildman–Crippen MR) is 87.4 cm³/mol. The summed E-state index contributed by atoms with van der Waals surface area (Å²) in [5.41, 5.74) is 0. The fourth-order valence-corrected chi connectivity index (χ4v) is 3.05. The number of aliphatic hydroxyl groups is 1. The van der Waals surface area contributed by atoms with Crippen molar-refractivity contribution in [2.24, 2.45) is 5.92 Å². The highest BCUT2D eigenvalue weighted by Crippen LogP contribution is 2.28. The molecule has 2 N–H and O–H groups in total. The van der Waals surface area contributed by atoms with Gasteiger partial charge in [0.25, 0.3) is 0 Å². The summed E-state index contributed by atoms with van der Waals surface area (Å²) < 4.78 is 5.53. The predicted octanol–water partition coefficient (Wildman–Crippen LogP) is 3.90. The normalized spacial score (nSPS) is 18.7. The third-order valence-corrected chi connectivity index (χ3v) is 4.85. The van der Waals surface area contributed by atoms with Crippen molar-refractivity contribution in [1.82, 2.24) is 5.32 Å². The molecule has 0 spiro atoms. The van der Waals surface area contributed by atoms with Crippen molar-refractivity contribution in [2.45, 2.75) is 44.8 Å². The summed E-state index contributed by atoms with van der Waals surface area (Å²) in [5.74, 6) is 1.36. The van der Waals surface area contributed by atoms with Crippen molar-refractivity contribution in [3.63, 3.8) is 0 Å². The molecule has 1 aliphatic rings. The highest BCUT2D eigenvalue weighted by atomic mass is 35.5. The van der Waals surface area contributed by atoms with E-state index in [2.05, 4.69) is 12.2 Å². The molecule has 0 amide bonds. The third kappa shape index (κ3) is 5.33. The minimum absolute atomic E-state index is 0.238. The summed E-state index contributed by atoms with van der Waals surface area (Å²) in [4.78, 5) is 0. The van der Waals surface area contributed by atoms with Crippen LogP contribution in [0.5, 0.6) is 5.75 Å². The minimum atomic E-state index is -0.539. The maximum absolute atomic E-state index is 9.98. The Bertz CT molecular complexity index is 450. The SMILES string of the molecule is C[C@@H](NCC(O)COc1ccc(Cl)c(Cl)c1)C1CCCC1. The lowest BCUT2D eigenvalue weighted by Crippen LogP contribution is -2.39. The van der Waals surface area contributed by atoms with Crippen LogP contribution in [0.3, 0.4) is 0 Å². The summed E-state index contributed by atoms with van der Waals surface area (Å²) in [6.07, 6.45) is 4.72. The fraction of sp³-hybridized carbons (Fsp3) is 0.625. The zero-order chi connectivity index (χ0) is 15.2. The van der Waals surface area contributed by atoms with Crippen LogP contribution in [0, 0.1) is 5.92 Å². The van der Waals surface area contributed by atoms with Crippen LogP contribution in [-0.2, 0) is 0 Å². The van der Waals surface area contributed by atoms with E-state index >= 15 is 0 Å². The van der Waals surface area contributed by atoms with E-state index in [1.54, 1.807) is 18.2 Å². The molecular weight excluding hydrogens is 309 g/mol. The Morgan fingerprint density at radius 2 is 2.00 bits per heavy atom. The zero-order valence-corrected chi connectivity index (χ0v) is 13.8. The topological polar surface area (TPSA) is 41.5 Å². The smallest absolute Gasteiger partial charge is 0.121 e. The van der Waals surface area contributed by atoms with Crippen molar-refractivity contribution in [1.29, 1.82) is 0 Å². The molecule has 0 aromatic heterocycles. The van der Waals surface area contributed by atoms with Gasteiger partial charge in [0, 0.05) is 18.7 Å². The van der Waals surface area contributed by atoms with Gasteiger partial charge in [-0.05, 0) is 37.8 Å². The van der Waals surface area contributed by atoms with Gasteiger partial charge in [-0.1, -0.05) is 36.0 Å². The zero-order valence-electron chi connectivity index (χ0n) is 12.3. The van der Waals surface area contributed by atoms with Gasteiger partial charge in [-0.3, -0.25) is 0 Å². The third-order valence-electron chi connectivity index (χ3n) is 4.12. The first-order valence-electron chi connectivity index (χ1n) is 7.55. The average molecular weight is 332 g/mol. The van der Waals surface area contributed by atoms with Crippen LogP contribution >= 0.6 is 23.2 Å². The van der Waals surface area contributed by atoms with Gasteiger partial charge in [0.15, 0.2) is 0 Å². The largest absolute Gasteiger partial charge is 0.491 e. The van der Waals surface area contributed by atoms with Gasteiger partial charge in [-0.2, -0.15) is 0 Å². The molecule has 1 aromatic carbocycles. The standard InChI is InChI=1S/C16H23Cl2NO2/c1-11(12-4-2-3-5-12)19-9-13(20)10-21-14-6-7-15(17)16(18)8-14/h6-8,11-13,19-20H,2-5,9-10H2,1H3/t11-,13?/m1/s1. The highest BCUT2D eigenvalue weighted by Gasteiger charge is 2.21. The number of rotatable bonds is 7. The van der Waals surface area contributed by atoms with E-state index in [0.29, 0.717) is 28.4 Å². The van der Waals surface area contributed by atoms with Crippen molar-refractivity contribution >= 4 is 23.2 Å². The molecule has 21 heavy (non-hydrogen) atoms. The monoisotopic (exact) mass is 331 g/mol. The van der Waals surface area contributed by atoms with Gasteiger partial charge < -0.3 is 15.2 Å². The molecule has 0 saturated heterocycles. The summed E-state index contributed by atoms with van der Waals surface area (Å²) >= 11 is 11.8. The van der Waals surface area contributed by atoms with E-state index in [4.69, 9.17) is 27.9 Å². The lowest BCUT2D eigenvalue weighted by atomic mass is 10.00. The molecule has 2 atom stereocenters. The quantitative estimate of drug-likeness (QED) is 0.796.